The van der Waals surface area contributed by atoms with E-state index >= 15 is 0 Å². The summed E-state index contributed by atoms with van der Waals surface area (Å²) < 4.78 is 26.8. The molecule has 1 aliphatic heterocycles. The Morgan fingerprint density at radius 2 is 1.78 bits per heavy atom. The summed E-state index contributed by atoms with van der Waals surface area (Å²) in [5.74, 6) is -0.0569. The molecule has 27 heavy (non-hydrogen) atoms. The van der Waals surface area contributed by atoms with Crippen LogP contribution in [-0.2, 0) is 10.0 Å². The topological polar surface area (TPSA) is 83.7 Å². The third kappa shape index (κ3) is 3.84. The molecule has 1 atom stereocenters. The summed E-state index contributed by atoms with van der Waals surface area (Å²) in [4.78, 5) is 14.7. The quantitative estimate of drug-likeness (QED) is 0.854. The Morgan fingerprint density at radius 3 is 2.37 bits per heavy atom. The molecule has 0 spiro atoms. The average molecular weight is 388 g/mol. The maximum atomic E-state index is 12.8. The molecule has 144 valence electrons. The number of rotatable bonds is 5. The number of hydrogen-bond acceptors (Lipinski definition) is 4. The maximum Gasteiger partial charge on any atom is 0.264 e. The van der Waals surface area contributed by atoms with E-state index in [4.69, 9.17) is 5.73 Å². The van der Waals surface area contributed by atoms with Crippen molar-refractivity contribution in [3.63, 3.8) is 0 Å². The highest BCUT2D eigenvalue weighted by atomic mass is 32.2. The molecule has 0 radical (unpaired) electrons. The van der Waals surface area contributed by atoms with E-state index < -0.39 is 10.0 Å². The summed E-state index contributed by atoms with van der Waals surface area (Å²) in [6, 6.07) is 13.5. The van der Waals surface area contributed by atoms with Gasteiger partial charge in [-0.3, -0.25) is 9.10 Å². The molecule has 2 aromatic rings. The van der Waals surface area contributed by atoms with Crippen LogP contribution in [0.4, 0.5) is 5.69 Å². The molecule has 7 heteroatoms. The molecular formula is C20H25N3O3S. The van der Waals surface area contributed by atoms with Gasteiger partial charge in [-0.25, -0.2) is 8.42 Å². The van der Waals surface area contributed by atoms with Crippen LogP contribution in [0.1, 0.15) is 28.8 Å². The van der Waals surface area contributed by atoms with Gasteiger partial charge in [0.15, 0.2) is 0 Å². The molecule has 0 aliphatic carbocycles. The van der Waals surface area contributed by atoms with Crippen molar-refractivity contribution >= 4 is 21.6 Å². The van der Waals surface area contributed by atoms with Gasteiger partial charge >= 0.3 is 0 Å². The van der Waals surface area contributed by atoms with Gasteiger partial charge in [-0.1, -0.05) is 17.7 Å². The third-order valence-corrected chi connectivity index (χ3v) is 6.87. The number of carbonyl (C=O) groups is 1. The summed E-state index contributed by atoms with van der Waals surface area (Å²) in [6.45, 7) is 3.08. The van der Waals surface area contributed by atoms with Crippen LogP contribution in [0, 0.1) is 6.92 Å². The van der Waals surface area contributed by atoms with Crippen molar-refractivity contribution in [1.29, 1.82) is 0 Å². The molecule has 1 fully saturated rings. The fraction of sp³-hybridized carbons (Fsp3) is 0.350. The standard InChI is InChI=1S/C20H25N3O3S/c1-15-5-11-19(12-6-15)27(25,26)22(2)17-9-7-16(8-10-17)20(24)23-13-3-4-18(23)14-21/h5-12,18H,3-4,13-14,21H2,1-2H3. The van der Waals surface area contributed by atoms with Crippen LogP contribution in [0.2, 0.25) is 0 Å². The normalized spacial score (nSPS) is 17.1. The SMILES string of the molecule is Cc1ccc(S(=O)(=O)N(C)c2ccc(C(=O)N3CCCC3CN)cc2)cc1. The number of benzene rings is 2. The molecule has 0 saturated carbocycles. The van der Waals surface area contributed by atoms with Crippen molar-refractivity contribution in [3.8, 4) is 0 Å². The van der Waals surface area contributed by atoms with Gasteiger partial charge in [0.25, 0.3) is 15.9 Å². The number of hydrogen-bond donors (Lipinski definition) is 1. The molecule has 1 heterocycles. The number of nitrogens with zero attached hydrogens (tertiary/aromatic N) is 2. The van der Waals surface area contributed by atoms with E-state index in [0.717, 1.165) is 18.4 Å². The predicted octanol–water partition coefficient (Wildman–Crippen LogP) is 2.38. The van der Waals surface area contributed by atoms with Crippen LogP contribution in [0.5, 0.6) is 0 Å². The van der Waals surface area contributed by atoms with Crippen LogP contribution >= 0.6 is 0 Å². The van der Waals surface area contributed by atoms with Gasteiger partial charge in [0.05, 0.1) is 10.6 Å². The van der Waals surface area contributed by atoms with E-state index in [-0.39, 0.29) is 16.8 Å². The first-order valence-corrected chi connectivity index (χ1v) is 10.5. The highest BCUT2D eigenvalue weighted by molar-refractivity contribution is 7.92. The lowest BCUT2D eigenvalue weighted by Crippen LogP contribution is -2.39. The van der Waals surface area contributed by atoms with Gasteiger partial charge in [-0.05, 0) is 56.2 Å². The Morgan fingerprint density at radius 1 is 1.15 bits per heavy atom. The Kier molecular flexibility index (Phi) is 5.53. The van der Waals surface area contributed by atoms with Crippen LogP contribution < -0.4 is 10.0 Å². The number of amides is 1. The van der Waals surface area contributed by atoms with Crippen LogP contribution in [-0.4, -0.2) is 45.4 Å². The molecule has 2 N–H and O–H groups in total. The zero-order valence-corrected chi connectivity index (χ0v) is 16.4. The van der Waals surface area contributed by atoms with Crippen molar-refractivity contribution < 1.29 is 13.2 Å². The summed E-state index contributed by atoms with van der Waals surface area (Å²) in [5.41, 5.74) is 7.79. The Labute approximate surface area is 160 Å². The highest BCUT2D eigenvalue weighted by Gasteiger charge is 2.28. The van der Waals surface area contributed by atoms with E-state index in [1.807, 2.05) is 11.8 Å². The first kappa shape index (κ1) is 19.4. The number of carbonyl (C=O) groups excluding carboxylic acids is 1. The van der Waals surface area contributed by atoms with Crippen LogP contribution in [0.15, 0.2) is 53.4 Å². The lowest BCUT2D eigenvalue weighted by Gasteiger charge is -2.24. The van der Waals surface area contributed by atoms with E-state index in [2.05, 4.69) is 0 Å². The molecule has 6 nitrogen and oxygen atoms in total. The minimum atomic E-state index is -3.65. The minimum Gasteiger partial charge on any atom is -0.334 e. The number of anilines is 1. The average Bonchev–Trinajstić information content (AvgIpc) is 3.16. The zero-order chi connectivity index (χ0) is 19.6. The zero-order valence-electron chi connectivity index (χ0n) is 15.6. The predicted molar refractivity (Wildman–Crippen MR) is 106 cm³/mol. The number of likely N-dealkylation sites (tertiary alicyclic amines) is 1. The van der Waals surface area contributed by atoms with E-state index in [1.165, 1.54) is 11.4 Å². The Balaban J connectivity index is 1.80. The van der Waals surface area contributed by atoms with Crippen LogP contribution in [0.3, 0.4) is 0 Å². The van der Waals surface area contributed by atoms with Crippen molar-refractivity contribution in [2.45, 2.75) is 30.7 Å². The van der Waals surface area contributed by atoms with Gasteiger partial charge in [0.1, 0.15) is 0 Å². The summed E-state index contributed by atoms with van der Waals surface area (Å²) in [6.07, 6.45) is 1.89. The van der Waals surface area contributed by atoms with Crippen molar-refractivity contribution in [2.75, 3.05) is 24.4 Å². The molecule has 1 saturated heterocycles. The van der Waals surface area contributed by atoms with Crippen LogP contribution in [0.25, 0.3) is 0 Å². The molecule has 0 aromatic heterocycles. The molecule has 3 rings (SSSR count). The van der Waals surface area contributed by atoms with Crippen molar-refractivity contribution in [2.24, 2.45) is 5.73 Å². The van der Waals surface area contributed by atoms with Crippen molar-refractivity contribution in [1.82, 2.24) is 4.90 Å². The van der Waals surface area contributed by atoms with Gasteiger partial charge in [-0.2, -0.15) is 0 Å². The first-order valence-electron chi connectivity index (χ1n) is 9.01. The van der Waals surface area contributed by atoms with E-state index in [0.29, 0.717) is 24.3 Å². The monoisotopic (exact) mass is 387 g/mol. The second-order valence-electron chi connectivity index (χ2n) is 6.86. The molecular weight excluding hydrogens is 362 g/mol. The second kappa shape index (κ2) is 7.70. The molecule has 1 amide bonds. The summed E-state index contributed by atoms with van der Waals surface area (Å²) >= 11 is 0. The summed E-state index contributed by atoms with van der Waals surface area (Å²) in [7, 11) is -2.14. The molecule has 2 aromatic carbocycles. The van der Waals surface area contributed by atoms with Gasteiger partial charge in [0, 0.05) is 31.7 Å². The Hall–Kier alpha value is -2.38. The van der Waals surface area contributed by atoms with Crippen molar-refractivity contribution in [3.05, 3.63) is 59.7 Å². The molecule has 1 unspecified atom stereocenters. The third-order valence-electron chi connectivity index (χ3n) is 5.07. The van der Waals surface area contributed by atoms with Gasteiger partial charge < -0.3 is 10.6 Å². The minimum absolute atomic E-state index is 0.0569. The van der Waals surface area contributed by atoms with E-state index in [9.17, 15) is 13.2 Å². The van der Waals surface area contributed by atoms with E-state index in [1.54, 1.807) is 48.5 Å². The number of sulfonamides is 1. The molecule has 1 aliphatic rings. The maximum absolute atomic E-state index is 12.8. The van der Waals surface area contributed by atoms with Gasteiger partial charge in [-0.15, -0.1) is 0 Å². The highest BCUT2D eigenvalue weighted by Crippen LogP contribution is 2.24. The summed E-state index contributed by atoms with van der Waals surface area (Å²) in [5, 5.41) is 0. The largest absolute Gasteiger partial charge is 0.334 e. The Bertz CT molecular complexity index is 908. The molecule has 0 bridgehead atoms. The van der Waals surface area contributed by atoms with Gasteiger partial charge in [0.2, 0.25) is 0 Å². The second-order valence-corrected chi connectivity index (χ2v) is 8.83. The first-order chi connectivity index (χ1) is 12.8. The number of aryl methyl sites for hydroxylation is 1. The smallest absolute Gasteiger partial charge is 0.264 e. The fourth-order valence-corrected chi connectivity index (χ4v) is 4.53. The fourth-order valence-electron chi connectivity index (χ4n) is 3.34. The number of nitrogens with two attached hydrogens (primary N) is 1. The lowest BCUT2D eigenvalue weighted by atomic mass is 10.1. The lowest BCUT2D eigenvalue weighted by molar-refractivity contribution is 0.0741.